The summed E-state index contributed by atoms with van der Waals surface area (Å²) in [4.78, 5) is 4.25. The molecule has 0 unspecified atom stereocenters. The molecule has 0 aliphatic rings. The van der Waals surface area contributed by atoms with Crippen LogP contribution in [-0.4, -0.2) is 19.4 Å². The summed E-state index contributed by atoms with van der Waals surface area (Å²) in [5.74, 6) is 0.545. The van der Waals surface area contributed by atoms with Crippen molar-refractivity contribution in [1.82, 2.24) is 4.98 Å². The van der Waals surface area contributed by atoms with Crippen molar-refractivity contribution in [2.45, 2.75) is 36.2 Å². The molecule has 25 heavy (non-hydrogen) atoms. The Morgan fingerprint density at radius 3 is 2.56 bits per heavy atom. The maximum atomic E-state index is 13.0. The molecule has 3 rings (SSSR count). The average Bonchev–Trinajstić information content (AvgIpc) is 3.24. The van der Waals surface area contributed by atoms with Crippen LogP contribution in [0.3, 0.4) is 0 Å². The molecule has 1 aromatic carbocycles. The lowest BCUT2D eigenvalue weighted by molar-refractivity contribution is 0.518. The van der Waals surface area contributed by atoms with Crippen LogP contribution in [0.15, 0.2) is 61.4 Å². The van der Waals surface area contributed by atoms with Gasteiger partial charge >= 0.3 is 0 Å². The van der Waals surface area contributed by atoms with E-state index < -0.39 is 9.84 Å². The van der Waals surface area contributed by atoms with Gasteiger partial charge in [-0.25, -0.2) is 8.42 Å². The topological polar surface area (TPSA) is 85.3 Å². The van der Waals surface area contributed by atoms with Crippen LogP contribution in [0.25, 0.3) is 11.7 Å². The maximum absolute atomic E-state index is 13.0. The van der Waals surface area contributed by atoms with E-state index in [2.05, 4.69) is 10.3 Å². The Morgan fingerprint density at radius 2 is 1.96 bits per heavy atom. The fourth-order valence-corrected chi connectivity index (χ4v) is 3.53. The predicted molar refractivity (Wildman–Crippen MR) is 94.5 cm³/mol. The lowest BCUT2D eigenvalue weighted by Crippen LogP contribution is -2.15. The molecule has 132 valence electrons. The summed E-state index contributed by atoms with van der Waals surface area (Å²) in [6.07, 6.45) is 2.26. The Morgan fingerprint density at radius 1 is 1.24 bits per heavy atom. The molecule has 0 bridgehead atoms. The quantitative estimate of drug-likeness (QED) is 0.670. The molecule has 1 N–H and O–H groups in total. The fraction of sp³-hybridized carbons (Fsp3) is 0.235. The Bertz CT molecular complexity index is 947. The first-order chi connectivity index (χ1) is 11.9. The number of anilines is 1. The molecule has 8 heteroatoms. The third-order valence-electron chi connectivity index (χ3n) is 3.70. The standard InChI is InChI=1S/C17H17ClN2O4S/c1-3-11(2)19-16-17(20-15(24-16)14-5-4-10-23-14)25(21,22)13-8-6-12(18)7-9-13/h4-11,19H,3H2,1-2H3/t11-/m1/s1. The maximum Gasteiger partial charge on any atom is 0.266 e. The number of sulfone groups is 1. The van der Waals surface area contributed by atoms with E-state index in [9.17, 15) is 8.42 Å². The summed E-state index contributed by atoms with van der Waals surface area (Å²) in [7, 11) is -3.88. The van der Waals surface area contributed by atoms with E-state index >= 15 is 0 Å². The Balaban J connectivity index is 2.10. The molecule has 3 aromatic rings. The number of furan rings is 1. The van der Waals surface area contributed by atoms with Crippen molar-refractivity contribution in [2.24, 2.45) is 0 Å². The lowest BCUT2D eigenvalue weighted by atomic mass is 10.3. The lowest BCUT2D eigenvalue weighted by Gasteiger charge is -2.11. The Labute approximate surface area is 150 Å². The van der Waals surface area contributed by atoms with Gasteiger partial charge in [-0.2, -0.15) is 4.98 Å². The smallest absolute Gasteiger partial charge is 0.266 e. The second-order valence-corrected chi connectivity index (χ2v) is 7.84. The van der Waals surface area contributed by atoms with Crippen molar-refractivity contribution >= 4 is 27.3 Å². The van der Waals surface area contributed by atoms with Crippen LogP contribution < -0.4 is 5.32 Å². The van der Waals surface area contributed by atoms with Gasteiger partial charge in [-0.15, -0.1) is 0 Å². The normalized spacial score (nSPS) is 12.9. The molecule has 0 saturated carbocycles. The van der Waals surface area contributed by atoms with Gasteiger partial charge in [0, 0.05) is 11.1 Å². The van der Waals surface area contributed by atoms with Crippen LogP contribution in [-0.2, 0) is 9.84 Å². The largest absolute Gasteiger partial charge is 0.459 e. The molecule has 0 saturated heterocycles. The van der Waals surface area contributed by atoms with Crippen LogP contribution in [0.5, 0.6) is 0 Å². The van der Waals surface area contributed by atoms with Gasteiger partial charge in [0.2, 0.25) is 20.7 Å². The molecule has 6 nitrogen and oxygen atoms in total. The minimum absolute atomic E-state index is 0.0107. The molecule has 0 aliphatic heterocycles. The van der Waals surface area contributed by atoms with Crippen molar-refractivity contribution < 1.29 is 17.3 Å². The van der Waals surface area contributed by atoms with Gasteiger partial charge in [-0.1, -0.05) is 18.5 Å². The van der Waals surface area contributed by atoms with Crippen molar-refractivity contribution in [3.8, 4) is 11.7 Å². The molecule has 0 radical (unpaired) electrons. The second kappa shape index (κ2) is 6.93. The molecule has 0 aliphatic carbocycles. The number of hydrogen-bond acceptors (Lipinski definition) is 6. The Kier molecular flexibility index (Phi) is 4.87. The minimum atomic E-state index is -3.88. The summed E-state index contributed by atoms with van der Waals surface area (Å²) in [6.45, 7) is 3.91. The molecular formula is C17H17ClN2O4S. The van der Waals surface area contributed by atoms with E-state index in [1.54, 1.807) is 12.1 Å². The highest BCUT2D eigenvalue weighted by atomic mass is 35.5. The SMILES string of the molecule is CC[C@@H](C)Nc1oc(-c2ccco2)nc1S(=O)(=O)c1ccc(Cl)cc1. The number of nitrogens with one attached hydrogen (secondary N) is 1. The molecular weight excluding hydrogens is 364 g/mol. The van der Waals surface area contributed by atoms with Gasteiger partial charge in [0.1, 0.15) is 0 Å². The summed E-state index contributed by atoms with van der Waals surface area (Å²) < 4.78 is 36.9. The number of nitrogens with zero attached hydrogens (tertiary/aromatic N) is 1. The number of rotatable bonds is 6. The molecule has 0 spiro atoms. The van der Waals surface area contributed by atoms with Gasteiger partial charge < -0.3 is 14.2 Å². The van der Waals surface area contributed by atoms with E-state index in [0.29, 0.717) is 10.8 Å². The van der Waals surface area contributed by atoms with Crippen molar-refractivity contribution in [3.63, 3.8) is 0 Å². The van der Waals surface area contributed by atoms with E-state index in [-0.39, 0.29) is 27.7 Å². The average molecular weight is 381 g/mol. The molecule has 2 heterocycles. The zero-order chi connectivity index (χ0) is 18.0. The van der Waals surface area contributed by atoms with Crippen molar-refractivity contribution in [1.29, 1.82) is 0 Å². The second-order valence-electron chi connectivity index (χ2n) is 5.54. The third-order valence-corrected chi connectivity index (χ3v) is 5.63. The summed E-state index contributed by atoms with van der Waals surface area (Å²) in [6, 6.07) is 9.24. The van der Waals surface area contributed by atoms with Gasteiger partial charge in [0.25, 0.3) is 5.89 Å². The molecule has 1 atom stereocenters. The first-order valence-corrected chi connectivity index (χ1v) is 9.60. The van der Waals surface area contributed by atoms with Crippen LogP contribution >= 0.6 is 11.6 Å². The third kappa shape index (κ3) is 3.57. The van der Waals surface area contributed by atoms with E-state index in [0.717, 1.165) is 6.42 Å². The van der Waals surface area contributed by atoms with Crippen molar-refractivity contribution in [2.75, 3.05) is 5.32 Å². The monoisotopic (exact) mass is 380 g/mol. The highest BCUT2D eigenvalue weighted by Gasteiger charge is 2.29. The van der Waals surface area contributed by atoms with E-state index in [1.165, 1.54) is 30.5 Å². The number of halogens is 1. The number of benzene rings is 1. The molecule has 0 amide bonds. The van der Waals surface area contributed by atoms with E-state index in [1.807, 2.05) is 13.8 Å². The molecule has 0 fully saturated rings. The number of hydrogen-bond donors (Lipinski definition) is 1. The van der Waals surface area contributed by atoms with Gasteiger partial charge in [0.15, 0.2) is 5.76 Å². The molecule has 2 aromatic heterocycles. The van der Waals surface area contributed by atoms with Gasteiger partial charge in [-0.05, 0) is 49.7 Å². The van der Waals surface area contributed by atoms with Gasteiger partial charge in [-0.3, -0.25) is 0 Å². The first kappa shape index (κ1) is 17.6. The highest BCUT2D eigenvalue weighted by Crippen LogP contribution is 2.33. The fourth-order valence-electron chi connectivity index (χ4n) is 2.14. The van der Waals surface area contributed by atoms with Gasteiger partial charge in [0.05, 0.1) is 11.2 Å². The van der Waals surface area contributed by atoms with Crippen LogP contribution in [0.4, 0.5) is 5.88 Å². The van der Waals surface area contributed by atoms with E-state index in [4.69, 9.17) is 20.4 Å². The number of oxazole rings is 1. The first-order valence-electron chi connectivity index (χ1n) is 7.73. The van der Waals surface area contributed by atoms with Crippen LogP contribution in [0, 0.1) is 0 Å². The summed E-state index contributed by atoms with van der Waals surface area (Å²) >= 11 is 5.84. The highest BCUT2D eigenvalue weighted by molar-refractivity contribution is 7.91. The predicted octanol–water partition coefficient (Wildman–Crippen LogP) is 4.63. The summed E-state index contributed by atoms with van der Waals surface area (Å²) in [5.41, 5.74) is 0. The summed E-state index contributed by atoms with van der Waals surface area (Å²) in [5, 5.41) is 3.33. The van der Waals surface area contributed by atoms with Crippen molar-refractivity contribution in [3.05, 3.63) is 47.7 Å². The zero-order valence-corrected chi connectivity index (χ0v) is 15.3. The Hall–Kier alpha value is -2.25. The number of aromatic nitrogens is 1. The van der Waals surface area contributed by atoms with Crippen LogP contribution in [0.2, 0.25) is 5.02 Å². The van der Waals surface area contributed by atoms with Crippen LogP contribution in [0.1, 0.15) is 20.3 Å². The minimum Gasteiger partial charge on any atom is -0.459 e. The zero-order valence-electron chi connectivity index (χ0n) is 13.7.